The Morgan fingerprint density at radius 1 is 0.931 bits per heavy atom. The molecule has 0 radical (unpaired) electrons. The summed E-state index contributed by atoms with van der Waals surface area (Å²) < 4.78 is 5.42. The highest BCUT2D eigenvalue weighted by Gasteiger charge is 2.17. The van der Waals surface area contributed by atoms with E-state index in [0.717, 1.165) is 43.1 Å². The number of benzene rings is 2. The van der Waals surface area contributed by atoms with Gasteiger partial charge in [-0.3, -0.25) is 9.78 Å². The number of carbonyl (C=O) groups excluding carboxylic acids is 1. The van der Waals surface area contributed by atoms with Crippen molar-refractivity contribution in [1.82, 2.24) is 4.98 Å². The number of hydrogen-bond acceptors (Lipinski definition) is 4. The van der Waals surface area contributed by atoms with Crippen LogP contribution in [0.3, 0.4) is 0 Å². The normalized spacial score (nSPS) is 13.9. The molecule has 0 bridgehead atoms. The van der Waals surface area contributed by atoms with E-state index in [-0.39, 0.29) is 5.91 Å². The molecule has 2 aromatic carbocycles. The molecule has 1 fully saturated rings. The van der Waals surface area contributed by atoms with Gasteiger partial charge in [0.2, 0.25) is 5.91 Å². The molecule has 1 saturated heterocycles. The summed E-state index contributed by atoms with van der Waals surface area (Å²) in [7, 11) is 0. The lowest BCUT2D eigenvalue weighted by molar-refractivity contribution is -0.118. The molecule has 1 aromatic heterocycles. The molecule has 0 aliphatic carbocycles. The van der Waals surface area contributed by atoms with Gasteiger partial charge in [-0.2, -0.15) is 0 Å². The summed E-state index contributed by atoms with van der Waals surface area (Å²) in [5.41, 5.74) is 4.09. The van der Waals surface area contributed by atoms with Crippen LogP contribution in [0.1, 0.15) is 11.1 Å². The zero-order valence-corrected chi connectivity index (χ0v) is 16.4. The van der Waals surface area contributed by atoms with Gasteiger partial charge in [-0.25, -0.2) is 0 Å². The highest BCUT2D eigenvalue weighted by Crippen LogP contribution is 2.20. The second-order valence-electron chi connectivity index (χ2n) is 7.12. The maximum Gasteiger partial charge on any atom is 0.231 e. The molecular formula is C24H25N3O2. The molecule has 1 amide bonds. The molecule has 0 spiro atoms. The Kier molecular flexibility index (Phi) is 6.17. The number of rotatable bonds is 6. The molecule has 0 N–H and O–H groups in total. The van der Waals surface area contributed by atoms with Crippen molar-refractivity contribution in [1.29, 1.82) is 0 Å². The number of nitrogens with zero attached hydrogens (tertiary/aromatic N) is 3. The molecule has 2 heterocycles. The van der Waals surface area contributed by atoms with Gasteiger partial charge in [0.1, 0.15) is 0 Å². The van der Waals surface area contributed by atoms with Gasteiger partial charge in [-0.1, -0.05) is 36.4 Å². The van der Waals surface area contributed by atoms with Crippen LogP contribution in [-0.2, 0) is 22.5 Å². The smallest absolute Gasteiger partial charge is 0.231 e. The molecule has 1 aliphatic rings. The summed E-state index contributed by atoms with van der Waals surface area (Å²) in [5.74, 6) is 0.0687. The standard InChI is InChI=1S/C24H25N3O2/c28-24(17-20-8-10-22(11-9-20)26-13-15-29-16-14-26)27(23-6-2-1-3-7-23)19-21-5-4-12-25-18-21/h1-12,18H,13-17,19H2. The fourth-order valence-electron chi connectivity index (χ4n) is 3.52. The van der Waals surface area contributed by atoms with Gasteiger partial charge < -0.3 is 14.5 Å². The molecule has 3 aromatic rings. The fourth-order valence-corrected chi connectivity index (χ4v) is 3.52. The van der Waals surface area contributed by atoms with E-state index >= 15 is 0 Å². The summed E-state index contributed by atoms with van der Waals surface area (Å²) >= 11 is 0. The fraction of sp³-hybridized carbons (Fsp3) is 0.250. The van der Waals surface area contributed by atoms with Crippen LogP contribution in [0, 0.1) is 0 Å². The first-order chi connectivity index (χ1) is 14.3. The SMILES string of the molecule is O=C(Cc1ccc(N2CCOCC2)cc1)N(Cc1cccnc1)c1ccccc1. The molecule has 4 rings (SSSR count). The van der Waals surface area contributed by atoms with E-state index in [1.807, 2.05) is 47.4 Å². The molecule has 1 aliphatic heterocycles. The zero-order valence-electron chi connectivity index (χ0n) is 16.4. The van der Waals surface area contributed by atoms with Crippen LogP contribution >= 0.6 is 0 Å². The van der Waals surface area contributed by atoms with Gasteiger partial charge in [0, 0.05) is 36.9 Å². The minimum absolute atomic E-state index is 0.0687. The average molecular weight is 387 g/mol. The summed E-state index contributed by atoms with van der Waals surface area (Å²) in [6.07, 6.45) is 3.91. The largest absolute Gasteiger partial charge is 0.378 e. The summed E-state index contributed by atoms with van der Waals surface area (Å²) in [6.45, 7) is 3.85. The van der Waals surface area contributed by atoms with Crippen LogP contribution in [0.4, 0.5) is 11.4 Å². The Morgan fingerprint density at radius 2 is 1.69 bits per heavy atom. The molecule has 29 heavy (non-hydrogen) atoms. The first kappa shape index (κ1) is 19.2. The maximum atomic E-state index is 13.2. The van der Waals surface area contributed by atoms with Gasteiger partial charge in [-0.15, -0.1) is 0 Å². The number of ether oxygens (including phenoxy) is 1. The summed E-state index contributed by atoms with van der Waals surface area (Å²) in [5, 5.41) is 0. The average Bonchev–Trinajstić information content (AvgIpc) is 2.80. The van der Waals surface area contributed by atoms with Gasteiger partial charge in [0.05, 0.1) is 26.2 Å². The monoisotopic (exact) mass is 387 g/mol. The van der Waals surface area contributed by atoms with E-state index in [4.69, 9.17) is 4.74 Å². The van der Waals surface area contributed by atoms with E-state index in [2.05, 4.69) is 34.1 Å². The van der Waals surface area contributed by atoms with Crippen molar-refractivity contribution < 1.29 is 9.53 Å². The van der Waals surface area contributed by atoms with Gasteiger partial charge in [0.15, 0.2) is 0 Å². The first-order valence-corrected chi connectivity index (χ1v) is 9.95. The third kappa shape index (κ3) is 5.00. The number of amides is 1. The number of para-hydroxylation sites is 1. The Balaban J connectivity index is 1.48. The van der Waals surface area contributed by atoms with Gasteiger partial charge in [0.25, 0.3) is 0 Å². The van der Waals surface area contributed by atoms with Crippen LogP contribution in [-0.4, -0.2) is 37.2 Å². The number of anilines is 2. The first-order valence-electron chi connectivity index (χ1n) is 9.95. The number of carbonyl (C=O) groups is 1. The van der Waals surface area contributed by atoms with E-state index in [1.54, 1.807) is 12.4 Å². The Hall–Kier alpha value is -3.18. The van der Waals surface area contributed by atoms with Crippen LogP contribution in [0.25, 0.3) is 0 Å². The zero-order chi connectivity index (χ0) is 19.9. The maximum absolute atomic E-state index is 13.2. The lowest BCUT2D eigenvalue weighted by Crippen LogP contribution is -2.36. The second kappa shape index (κ2) is 9.34. The minimum Gasteiger partial charge on any atom is -0.378 e. The summed E-state index contributed by atoms with van der Waals surface area (Å²) in [6, 6.07) is 22.0. The van der Waals surface area contributed by atoms with E-state index in [1.165, 1.54) is 5.69 Å². The lowest BCUT2D eigenvalue weighted by Gasteiger charge is -2.29. The Morgan fingerprint density at radius 3 is 2.38 bits per heavy atom. The highest BCUT2D eigenvalue weighted by atomic mass is 16.5. The van der Waals surface area contributed by atoms with Gasteiger partial charge >= 0.3 is 0 Å². The van der Waals surface area contributed by atoms with Crippen molar-refractivity contribution in [2.24, 2.45) is 0 Å². The molecule has 5 heteroatoms. The van der Waals surface area contributed by atoms with Crippen LogP contribution in [0.15, 0.2) is 79.1 Å². The Bertz CT molecular complexity index is 908. The van der Waals surface area contributed by atoms with Crippen molar-refractivity contribution in [3.8, 4) is 0 Å². The Labute approximate surface area is 171 Å². The van der Waals surface area contributed by atoms with Crippen molar-refractivity contribution in [2.75, 3.05) is 36.1 Å². The molecule has 0 atom stereocenters. The van der Waals surface area contributed by atoms with E-state index < -0.39 is 0 Å². The summed E-state index contributed by atoms with van der Waals surface area (Å²) in [4.78, 5) is 21.5. The molecule has 0 unspecified atom stereocenters. The highest BCUT2D eigenvalue weighted by molar-refractivity contribution is 5.94. The minimum atomic E-state index is 0.0687. The quantitative estimate of drug-likeness (QED) is 0.647. The predicted molar refractivity (Wildman–Crippen MR) is 115 cm³/mol. The number of aromatic nitrogens is 1. The predicted octanol–water partition coefficient (Wildman–Crippen LogP) is 3.69. The van der Waals surface area contributed by atoms with E-state index in [0.29, 0.717) is 13.0 Å². The molecule has 5 nitrogen and oxygen atoms in total. The molecular weight excluding hydrogens is 362 g/mol. The molecule has 0 saturated carbocycles. The third-order valence-electron chi connectivity index (χ3n) is 5.10. The topological polar surface area (TPSA) is 45.7 Å². The van der Waals surface area contributed by atoms with Crippen molar-refractivity contribution in [3.05, 3.63) is 90.3 Å². The number of pyridine rings is 1. The van der Waals surface area contributed by atoms with Crippen molar-refractivity contribution >= 4 is 17.3 Å². The van der Waals surface area contributed by atoms with E-state index in [9.17, 15) is 4.79 Å². The molecule has 148 valence electrons. The van der Waals surface area contributed by atoms with Crippen molar-refractivity contribution in [3.63, 3.8) is 0 Å². The number of morpholine rings is 1. The number of hydrogen-bond donors (Lipinski definition) is 0. The van der Waals surface area contributed by atoms with Crippen molar-refractivity contribution in [2.45, 2.75) is 13.0 Å². The van der Waals surface area contributed by atoms with Gasteiger partial charge in [-0.05, 0) is 41.5 Å². The third-order valence-corrected chi connectivity index (χ3v) is 5.10. The second-order valence-corrected chi connectivity index (χ2v) is 7.12. The van der Waals surface area contributed by atoms with Crippen LogP contribution in [0.5, 0.6) is 0 Å². The lowest BCUT2D eigenvalue weighted by atomic mass is 10.1. The van der Waals surface area contributed by atoms with Crippen LogP contribution in [0.2, 0.25) is 0 Å². The van der Waals surface area contributed by atoms with Crippen LogP contribution < -0.4 is 9.80 Å².